The molecule has 0 spiro atoms. The van der Waals surface area contributed by atoms with E-state index in [-0.39, 0.29) is 0 Å². The Morgan fingerprint density at radius 3 is 2.73 bits per heavy atom. The summed E-state index contributed by atoms with van der Waals surface area (Å²) in [7, 11) is 0. The van der Waals surface area contributed by atoms with Gasteiger partial charge in [-0.1, -0.05) is 0 Å². The molecule has 0 atom stereocenters. The molecule has 0 saturated heterocycles. The molecule has 0 bridgehead atoms. The first-order valence-corrected chi connectivity index (χ1v) is 4.37. The normalized spacial score (nSPS) is 11.0. The van der Waals surface area contributed by atoms with Crippen LogP contribution in [0.1, 0.15) is 25.7 Å². The summed E-state index contributed by atoms with van der Waals surface area (Å²) in [6, 6.07) is 0.423. The molecule has 1 rings (SSSR count). The van der Waals surface area contributed by atoms with Gasteiger partial charge in [0, 0.05) is 12.2 Å². The van der Waals surface area contributed by atoms with E-state index in [9.17, 15) is 0 Å². The first-order chi connectivity index (χ1) is 5.15. The molecule has 0 aliphatic heterocycles. The van der Waals surface area contributed by atoms with E-state index in [4.69, 9.17) is 5.73 Å². The molecule has 0 fully saturated rings. The van der Waals surface area contributed by atoms with E-state index >= 15 is 0 Å². The van der Waals surface area contributed by atoms with Crippen LogP contribution in [-0.4, -0.2) is 9.55 Å². The van der Waals surface area contributed by atoms with Gasteiger partial charge in [-0.2, -0.15) is 0 Å². The molecule has 3 nitrogen and oxygen atoms in total. The van der Waals surface area contributed by atoms with Crippen LogP contribution in [0, 0.1) is 0 Å². The summed E-state index contributed by atoms with van der Waals surface area (Å²) >= 11 is 3.30. The highest BCUT2D eigenvalue weighted by atomic mass is 79.9. The SMILES string of the molecule is CC(C)n1cc(Br)nc1CN. The molecule has 11 heavy (non-hydrogen) atoms. The smallest absolute Gasteiger partial charge is 0.124 e. The van der Waals surface area contributed by atoms with E-state index < -0.39 is 0 Å². The molecule has 62 valence electrons. The standard InChI is InChI=1S/C7H12BrN3/c1-5(2)11-4-6(8)10-7(11)3-9/h4-5H,3,9H2,1-2H3. The van der Waals surface area contributed by atoms with E-state index in [1.807, 2.05) is 6.20 Å². The highest BCUT2D eigenvalue weighted by molar-refractivity contribution is 9.10. The summed E-state index contributed by atoms with van der Waals surface area (Å²) in [5, 5.41) is 0. The summed E-state index contributed by atoms with van der Waals surface area (Å²) in [5.41, 5.74) is 5.50. The van der Waals surface area contributed by atoms with Gasteiger partial charge >= 0.3 is 0 Å². The third kappa shape index (κ3) is 1.81. The summed E-state index contributed by atoms with van der Waals surface area (Å²) in [5.74, 6) is 0.923. The van der Waals surface area contributed by atoms with Gasteiger partial charge in [0.25, 0.3) is 0 Å². The van der Waals surface area contributed by atoms with E-state index in [2.05, 4.69) is 39.3 Å². The maximum absolute atomic E-state index is 5.50. The van der Waals surface area contributed by atoms with E-state index in [0.29, 0.717) is 12.6 Å². The van der Waals surface area contributed by atoms with Crippen LogP contribution in [-0.2, 0) is 6.54 Å². The minimum atomic E-state index is 0.423. The van der Waals surface area contributed by atoms with Gasteiger partial charge in [0.2, 0.25) is 0 Å². The Labute approximate surface area is 74.7 Å². The molecule has 1 aromatic heterocycles. The van der Waals surface area contributed by atoms with Crippen molar-refractivity contribution in [2.45, 2.75) is 26.4 Å². The van der Waals surface area contributed by atoms with E-state index in [1.165, 1.54) is 0 Å². The first kappa shape index (κ1) is 8.74. The summed E-state index contributed by atoms with van der Waals surface area (Å²) in [6.07, 6.45) is 1.95. The Morgan fingerprint density at radius 2 is 2.36 bits per heavy atom. The maximum Gasteiger partial charge on any atom is 0.124 e. The van der Waals surface area contributed by atoms with Crippen molar-refractivity contribution in [3.63, 3.8) is 0 Å². The number of hydrogen-bond donors (Lipinski definition) is 1. The van der Waals surface area contributed by atoms with Gasteiger partial charge in [-0.25, -0.2) is 4.98 Å². The average molecular weight is 218 g/mol. The second kappa shape index (κ2) is 3.36. The van der Waals surface area contributed by atoms with Gasteiger partial charge in [0.1, 0.15) is 10.4 Å². The predicted octanol–water partition coefficient (Wildman–Crippen LogP) is 1.69. The van der Waals surface area contributed by atoms with Crippen LogP contribution in [0.5, 0.6) is 0 Å². The molecule has 2 N–H and O–H groups in total. The van der Waals surface area contributed by atoms with Crippen LogP contribution in [0.15, 0.2) is 10.8 Å². The molecule has 0 radical (unpaired) electrons. The summed E-state index contributed by atoms with van der Waals surface area (Å²) < 4.78 is 2.91. The molecule has 0 saturated carbocycles. The van der Waals surface area contributed by atoms with Crippen LogP contribution in [0.25, 0.3) is 0 Å². The van der Waals surface area contributed by atoms with Crippen LogP contribution in [0.4, 0.5) is 0 Å². The van der Waals surface area contributed by atoms with Crippen molar-refractivity contribution in [1.82, 2.24) is 9.55 Å². The van der Waals surface area contributed by atoms with Crippen molar-refractivity contribution in [2.75, 3.05) is 0 Å². The minimum absolute atomic E-state index is 0.423. The minimum Gasteiger partial charge on any atom is -0.330 e. The third-order valence-electron chi connectivity index (χ3n) is 1.52. The highest BCUT2D eigenvalue weighted by Gasteiger charge is 2.06. The predicted molar refractivity (Wildman–Crippen MR) is 48.2 cm³/mol. The van der Waals surface area contributed by atoms with Gasteiger partial charge < -0.3 is 10.3 Å². The van der Waals surface area contributed by atoms with E-state index in [1.54, 1.807) is 0 Å². The molecular weight excluding hydrogens is 206 g/mol. The Morgan fingerprint density at radius 1 is 1.73 bits per heavy atom. The fourth-order valence-electron chi connectivity index (χ4n) is 0.997. The molecule has 1 heterocycles. The van der Waals surface area contributed by atoms with Crippen LogP contribution >= 0.6 is 15.9 Å². The molecular formula is C7H12BrN3. The van der Waals surface area contributed by atoms with Crippen LogP contribution in [0.3, 0.4) is 0 Å². The Bertz CT molecular complexity index is 242. The number of nitrogens with two attached hydrogens (primary N) is 1. The van der Waals surface area contributed by atoms with Crippen molar-refractivity contribution in [3.8, 4) is 0 Å². The molecule has 4 heteroatoms. The van der Waals surface area contributed by atoms with Crippen molar-refractivity contribution in [1.29, 1.82) is 0 Å². The number of halogens is 1. The Balaban J connectivity index is 3.02. The maximum atomic E-state index is 5.50. The average Bonchev–Trinajstić information content (AvgIpc) is 2.30. The lowest BCUT2D eigenvalue weighted by Gasteiger charge is -2.08. The zero-order valence-corrected chi connectivity index (χ0v) is 8.30. The fourth-order valence-corrected chi connectivity index (χ4v) is 1.42. The molecule has 0 aliphatic carbocycles. The largest absolute Gasteiger partial charge is 0.330 e. The second-order valence-corrected chi connectivity index (χ2v) is 3.50. The Kier molecular flexibility index (Phi) is 2.67. The Hall–Kier alpha value is -0.350. The van der Waals surface area contributed by atoms with Crippen LogP contribution in [0.2, 0.25) is 0 Å². The van der Waals surface area contributed by atoms with Crippen LogP contribution < -0.4 is 5.73 Å². The quantitative estimate of drug-likeness (QED) is 0.820. The van der Waals surface area contributed by atoms with Crippen molar-refractivity contribution in [3.05, 3.63) is 16.6 Å². The summed E-state index contributed by atoms with van der Waals surface area (Å²) in [6.45, 7) is 4.70. The zero-order chi connectivity index (χ0) is 8.43. The number of imidazole rings is 1. The highest BCUT2D eigenvalue weighted by Crippen LogP contribution is 2.14. The lowest BCUT2D eigenvalue weighted by atomic mass is 10.4. The number of nitrogens with zero attached hydrogens (tertiary/aromatic N) is 2. The van der Waals surface area contributed by atoms with Gasteiger partial charge in [-0.05, 0) is 29.8 Å². The van der Waals surface area contributed by atoms with Crippen molar-refractivity contribution < 1.29 is 0 Å². The monoisotopic (exact) mass is 217 g/mol. The van der Waals surface area contributed by atoms with Gasteiger partial charge in [-0.3, -0.25) is 0 Å². The molecule has 0 unspecified atom stereocenters. The molecule has 1 aromatic rings. The fraction of sp³-hybridized carbons (Fsp3) is 0.571. The van der Waals surface area contributed by atoms with Gasteiger partial charge in [0.15, 0.2) is 0 Å². The zero-order valence-electron chi connectivity index (χ0n) is 6.71. The summed E-state index contributed by atoms with van der Waals surface area (Å²) in [4.78, 5) is 4.20. The molecule has 0 aliphatic rings. The van der Waals surface area contributed by atoms with E-state index in [0.717, 1.165) is 10.4 Å². The topological polar surface area (TPSA) is 43.8 Å². The number of hydrogen-bond acceptors (Lipinski definition) is 2. The third-order valence-corrected chi connectivity index (χ3v) is 1.90. The lowest BCUT2D eigenvalue weighted by Crippen LogP contribution is -2.09. The lowest BCUT2D eigenvalue weighted by molar-refractivity contribution is 0.569. The molecule has 0 aromatic carbocycles. The van der Waals surface area contributed by atoms with Crippen molar-refractivity contribution in [2.24, 2.45) is 5.73 Å². The second-order valence-electron chi connectivity index (χ2n) is 2.68. The van der Waals surface area contributed by atoms with Crippen molar-refractivity contribution >= 4 is 15.9 Å². The van der Waals surface area contributed by atoms with Gasteiger partial charge in [-0.15, -0.1) is 0 Å². The number of rotatable bonds is 2. The number of aromatic nitrogens is 2. The first-order valence-electron chi connectivity index (χ1n) is 3.58. The van der Waals surface area contributed by atoms with Gasteiger partial charge in [0.05, 0.1) is 6.54 Å². The molecule has 0 amide bonds.